The Balaban J connectivity index is 2.76. The zero-order chi connectivity index (χ0) is 8.10. The van der Waals surface area contributed by atoms with Gasteiger partial charge in [-0.3, -0.25) is 0 Å². The van der Waals surface area contributed by atoms with E-state index >= 15 is 0 Å². The number of hydrogen-bond donors (Lipinski definition) is 0. The minimum Gasteiger partial charge on any atom is -0.120 e. The molecule has 0 aliphatic carbocycles. The summed E-state index contributed by atoms with van der Waals surface area (Å²) in [7, 11) is 0. The fourth-order valence-corrected chi connectivity index (χ4v) is 1.01. The Morgan fingerprint density at radius 1 is 1.18 bits per heavy atom. The molecule has 0 fully saturated rings. The molecule has 56 valence electrons. The van der Waals surface area contributed by atoms with Gasteiger partial charge in [-0.1, -0.05) is 31.2 Å². The SMILES string of the molecule is C#CCc1ccc(CC)cc1. The van der Waals surface area contributed by atoms with Crippen molar-refractivity contribution < 1.29 is 0 Å². The molecule has 0 amide bonds. The van der Waals surface area contributed by atoms with E-state index in [0.29, 0.717) is 0 Å². The number of terminal acetylenes is 1. The number of aryl methyl sites for hydroxylation is 1. The number of rotatable bonds is 2. The Hall–Kier alpha value is -1.22. The second-order valence-electron chi connectivity index (χ2n) is 2.55. The van der Waals surface area contributed by atoms with Gasteiger partial charge < -0.3 is 0 Å². The molecule has 0 heteroatoms. The van der Waals surface area contributed by atoms with E-state index in [-0.39, 0.29) is 0 Å². The van der Waals surface area contributed by atoms with Crippen molar-refractivity contribution >= 4 is 0 Å². The Morgan fingerprint density at radius 3 is 2.18 bits per heavy atom. The first-order chi connectivity index (χ1) is 5.36. The van der Waals surface area contributed by atoms with Crippen LogP contribution in [0.2, 0.25) is 0 Å². The Labute approximate surface area is 68.3 Å². The van der Waals surface area contributed by atoms with Crippen molar-refractivity contribution in [3.63, 3.8) is 0 Å². The Bertz CT molecular complexity index is 248. The van der Waals surface area contributed by atoms with Gasteiger partial charge in [0.2, 0.25) is 0 Å². The summed E-state index contributed by atoms with van der Waals surface area (Å²) in [5.41, 5.74) is 2.59. The Kier molecular flexibility index (Phi) is 2.74. The average Bonchev–Trinajstić information content (AvgIpc) is 2.07. The van der Waals surface area contributed by atoms with Crippen LogP contribution in [0.25, 0.3) is 0 Å². The molecular formula is C11H12. The lowest BCUT2D eigenvalue weighted by atomic mass is 10.1. The summed E-state index contributed by atoms with van der Waals surface area (Å²) in [6, 6.07) is 8.46. The van der Waals surface area contributed by atoms with E-state index in [2.05, 4.69) is 37.1 Å². The van der Waals surface area contributed by atoms with E-state index in [1.165, 1.54) is 11.1 Å². The molecule has 0 spiro atoms. The standard InChI is InChI=1S/C11H12/c1-3-5-11-8-6-10(4-2)7-9-11/h1,6-9H,4-5H2,2H3. The third kappa shape index (κ3) is 2.13. The second kappa shape index (κ2) is 3.83. The van der Waals surface area contributed by atoms with Crippen molar-refractivity contribution in [2.75, 3.05) is 0 Å². The van der Waals surface area contributed by atoms with E-state index in [4.69, 9.17) is 6.42 Å². The van der Waals surface area contributed by atoms with Gasteiger partial charge in [-0.25, -0.2) is 0 Å². The maximum atomic E-state index is 5.18. The summed E-state index contributed by atoms with van der Waals surface area (Å²) >= 11 is 0. The molecule has 0 heterocycles. The van der Waals surface area contributed by atoms with Gasteiger partial charge in [0.1, 0.15) is 0 Å². The molecule has 0 atom stereocenters. The van der Waals surface area contributed by atoms with Crippen molar-refractivity contribution in [2.45, 2.75) is 19.8 Å². The first-order valence-corrected chi connectivity index (χ1v) is 3.88. The van der Waals surface area contributed by atoms with Crippen molar-refractivity contribution in [1.29, 1.82) is 0 Å². The molecule has 0 bridgehead atoms. The first kappa shape index (κ1) is 7.88. The van der Waals surface area contributed by atoms with Crippen molar-refractivity contribution in [1.82, 2.24) is 0 Å². The highest BCUT2D eigenvalue weighted by Crippen LogP contribution is 2.04. The summed E-state index contributed by atoms with van der Waals surface area (Å²) < 4.78 is 0. The van der Waals surface area contributed by atoms with Crippen molar-refractivity contribution in [3.8, 4) is 12.3 Å². The van der Waals surface area contributed by atoms with Crippen molar-refractivity contribution in [2.24, 2.45) is 0 Å². The quantitative estimate of drug-likeness (QED) is 0.559. The van der Waals surface area contributed by atoms with Crippen LogP contribution in [0.4, 0.5) is 0 Å². The summed E-state index contributed by atoms with van der Waals surface area (Å²) in [6.07, 6.45) is 7.01. The molecule has 0 aliphatic rings. The second-order valence-corrected chi connectivity index (χ2v) is 2.55. The number of hydrogen-bond acceptors (Lipinski definition) is 0. The molecule has 0 saturated heterocycles. The number of benzene rings is 1. The van der Waals surface area contributed by atoms with Crippen LogP contribution < -0.4 is 0 Å². The maximum Gasteiger partial charge on any atom is 0.0337 e. The van der Waals surface area contributed by atoms with E-state index in [1.807, 2.05) is 0 Å². The van der Waals surface area contributed by atoms with Crippen LogP contribution in [0.3, 0.4) is 0 Å². The van der Waals surface area contributed by atoms with Gasteiger partial charge in [0.05, 0.1) is 0 Å². The summed E-state index contributed by atoms with van der Waals surface area (Å²) in [4.78, 5) is 0. The molecule has 0 unspecified atom stereocenters. The molecule has 1 aromatic rings. The summed E-state index contributed by atoms with van der Waals surface area (Å²) in [5, 5.41) is 0. The third-order valence-electron chi connectivity index (χ3n) is 1.74. The highest BCUT2D eigenvalue weighted by molar-refractivity contribution is 5.24. The molecule has 0 N–H and O–H groups in total. The Morgan fingerprint density at radius 2 is 1.73 bits per heavy atom. The lowest BCUT2D eigenvalue weighted by molar-refractivity contribution is 1.13. The van der Waals surface area contributed by atoms with E-state index in [0.717, 1.165) is 12.8 Å². The predicted molar refractivity (Wildman–Crippen MR) is 48.4 cm³/mol. The van der Waals surface area contributed by atoms with Gasteiger partial charge in [-0.2, -0.15) is 0 Å². The fourth-order valence-electron chi connectivity index (χ4n) is 1.01. The third-order valence-corrected chi connectivity index (χ3v) is 1.74. The normalized spacial score (nSPS) is 9.09. The van der Waals surface area contributed by atoms with Gasteiger partial charge in [-0.05, 0) is 17.5 Å². The van der Waals surface area contributed by atoms with Crippen molar-refractivity contribution in [3.05, 3.63) is 35.4 Å². The molecular weight excluding hydrogens is 132 g/mol. The molecule has 1 rings (SSSR count). The monoisotopic (exact) mass is 144 g/mol. The van der Waals surface area contributed by atoms with Gasteiger partial charge >= 0.3 is 0 Å². The maximum absolute atomic E-state index is 5.18. The zero-order valence-corrected chi connectivity index (χ0v) is 6.80. The average molecular weight is 144 g/mol. The van der Waals surface area contributed by atoms with Crippen LogP contribution in [0, 0.1) is 12.3 Å². The lowest BCUT2D eigenvalue weighted by Gasteiger charge is -1.97. The van der Waals surface area contributed by atoms with Gasteiger partial charge in [0.25, 0.3) is 0 Å². The van der Waals surface area contributed by atoms with E-state index < -0.39 is 0 Å². The topological polar surface area (TPSA) is 0 Å². The van der Waals surface area contributed by atoms with E-state index in [1.54, 1.807) is 0 Å². The zero-order valence-electron chi connectivity index (χ0n) is 6.80. The lowest BCUT2D eigenvalue weighted by Crippen LogP contribution is -1.83. The molecule has 0 radical (unpaired) electrons. The van der Waals surface area contributed by atoms with Gasteiger partial charge in [-0.15, -0.1) is 12.3 Å². The predicted octanol–water partition coefficient (Wildman–Crippen LogP) is 2.42. The summed E-state index contributed by atoms with van der Waals surface area (Å²) in [6.45, 7) is 2.15. The van der Waals surface area contributed by atoms with E-state index in [9.17, 15) is 0 Å². The molecule has 11 heavy (non-hydrogen) atoms. The molecule has 0 aliphatic heterocycles. The summed E-state index contributed by atoms with van der Waals surface area (Å²) in [5.74, 6) is 2.62. The van der Waals surface area contributed by atoms with Crippen LogP contribution in [-0.2, 0) is 12.8 Å². The first-order valence-electron chi connectivity index (χ1n) is 3.88. The fraction of sp³-hybridized carbons (Fsp3) is 0.273. The highest BCUT2D eigenvalue weighted by Gasteiger charge is 1.89. The van der Waals surface area contributed by atoms with Gasteiger partial charge in [0, 0.05) is 6.42 Å². The highest BCUT2D eigenvalue weighted by atomic mass is 13.9. The molecule has 0 nitrogen and oxygen atoms in total. The molecule has 0 saturated carbocycles. The van der Waals surface area contributed by atoms with Gasteiger partial charge in [0.15, 0.2) is 0 Å². The minimum absolute atomic E-state index is 0.740. The minimum atomic E-state index is 0.740. The van der Waals surface area contributed by atoms with Crippen LogP contribution in [0.1, 0.15) is 18.1 Å². The molecule has 0 aromatic heterocycles. The molecule has 1 aromatic carbocycles. The van der Waals surface area contributed by atoms with Crippen LogP contribution in [-0.4, -0.2) is 0 Å². The van der Waals surface area contributed by atoms with Crippen LogP contribution in [0.15, 0.2) is 24.3 Å². The smallest absolute Gasteiger partial charge is 0.0337 e. The largest absolute Gasteiger partial charge is 0.120 e. The van der Waals surface area contributed by atoms with Crippen LogP contribution >= 0.6 is 0 Å². The van der Waals surface area contributed by atoms with Crippen LogP contribution in [0.5, 0.6) is 0 Å².